The molecule has 1 N–H and O–H groups in total. The third kappa shape index (κ3) is 10.5. The second kappa shape index (κ2) is 14.2. The van der Waals surface area contributed by atoms with Gasteiger partial charge in [0.15, 0.2) is 11.5 Å². The first-order valence-electron chi connectivity index (χ1n) is 10.7. The number of hydrogen-bond acceptors (Lipinski definition) is 5. The van der Waals surface area contributed by atoms with Crippen LogP contribution in [0.5, 0.6) is 11.5 Å². The Balaban J connectivity index is 2.80. The molecule has 0 bridgehead atoms. The third-order valence-corrected chi connectivity index (χ3v) is 4.39. The fourth-order valence-corrected chi connectivity index (χ4v) is 2.76. The van der Waals surface area contributed by atoms with Gasteiger partial charge in [0.05, 0.1) is 0 Å². The minimum atomic E-state index is -0.286. The minimum absolute atomic E-state index is 0.283. The molecule has 0 amide bonds. The van der Waals surface area contributed by atoms with Gasteiger partial charge >= 0.3 is 11.9 Å². The van der Waals surface area contributed by atoms with Gasteiger partial charge in [-0.1, -0.05) is 59.4 Å². The monoisotopic (exact) mass is 391 g/mol. The van der Waals surface area contributed by atoms with Crippen LogP contribution in [0.15, 0.2) is 18.2 Å². The molecule has 0 fully saturated rings. The summed E-state index contributed by atoms with van der Waals surface area (Å²) in [5.74, 6) is 0.0958. The van der Waals surface area contributed by atoms with Crippen molar-refractivity contribution in [3.05, 3.63) is 23.8 Å². The standard InChI is InChI=1S/C23H37NO4/c1-5-7-9-11-22(25)27-20-14-13-19(15-16-24-18(3)4)17-21(20)28-23(26)12-10-8-6-2/h13-14,17-18,24H,5-12,15-16H2,1-4H3. The number of nitrogens with one attached hydrogen (secondary N) is 1. The van der Waals surface area contributed by atoms with Gasteiger partial charge in [0.25, 0.3) is 0 Å². The summed E-state index contributed by atoms with van der Waals surface area (Å²) in [6, 6.07) is 5.88. The zero-order valence-corrected chi connectivity index (χ0v) is 18.0. The van der Waals surface area contributed by atoms with Crippen LogP contribution in [-0.4, -0.2) is 24.5 Å². The minimum Gasteiger partial charge on any atom is -0.423 e. The lowest BCUT2D eigenvalue weighted by Crippen LogP contribution is -2.25. The van der Waals surface area contributed by atoms with E-state index in [-0.39, 0.29) is 11.9 Å². The SMILES string of the molecule is CCCCCC(=O)Oc1ccc(CCNC(C)C)cc1OC(=O)CCCCC. The number of carbonyl (C=O) groups is 2. The van der Waals surface area contributed by atoms with Crippen molar-refractivity contribution >= 4 is 11.9 Å². The van der Waals surface area contributed by atoms with E-state index in [1.807, 2.05) is 12.1 Å². The van der Waals surface area contributed by atoms with E-state index in [1.165, 1.54) is 0 Å². The van der Waals surface area contributed by atoms with Gasteiger partial charge in [0.2, 0.25) is 0 Å². The average Bonchev–Trinajstić information content (AvgIpc) is 2.64. The van der Waals surface area contributed by atoms with E-state index in [2.05, 4.69) is 33.0 Å². The predicted octanol–water partition coefficient (Wildman–Crippen LogP) is 5.20. The van der Waals surface area contributed by atoms with E-state index in [1.54, 1.807) is 6.07 Å². The zero-order chi connectivity index (χ0) is 20.8. The number of rotatable bonds is 14. The van der Waals surface area contributed by atoms with Crippen LogP contribution in [0.2, 0.25) is 0 Å². The predicted molar refractivity (Wildman–Crippen MR) is 113 cm³/mol. The molecule has 5 heteroatoms. The van der Waals surface area contributed by atoms with Crippen molar-refractivity contribution < 1.29 is 19.1 Å². The lowest BCUT2D eigenvalue weighted by Gasteiger charge is -2.13. The quantitative estimate of drug-likeness (QED) is 0.268. The summed E-state index contributed by atoms with van der Waals surface area (Å²) in [6.45, 7) is 9.22. The van der Waals surface area contributed by atoms with Gasteiger partial charge in [-0.3, -0.25) is 9.59 Å². The van der Waals surface area contributed by atoms with E-state index >= 15 is 0 Å². The van der Waals surface area contributed by atoms with Gasteiger partial charge in [0, 0.05) is 18.9 Å². The van der Waals surface area contributed by atoms with Crippen LogP contribution in [0, 0.1) is 0 Å². The molecule has 0 aliphatic rings. The van der Waals surface area contributed by atoms with E-state index in [4.69, 9.17) is 9.47 Å². The second-order valence-corrected chi connectivity index (χ2v) is 7.50. The zero-order valence-electron chi connectivity index (χ0n) is 18.0. The van der Waals surface area contributed by atoms with Gasteiger partial charge in [-0.05, 0) is 43.5 Å². The highest BCUT2D eigenvalue weighted by atomic mass is 16.6. The smallest absolute Gasteiger partial charge is 0.311 e. The summed E-state index contributed by atoms with van der Waals surface area (Å²) in [6.07, 6.45) is 7.25. The molecule has 0 spiro atoms. The van der Waals surface area contributed by atoms with Gasteiger partial charge < -0.3 is 14.8 Å². The maximum absolute atomic E-state index is 12.2. The highest BCUT2D eigenvalue weighted by Crippen LogP contribution is 2.30. The highest BCUT2D eigenvalue weighted by Gasteiger charge is 2.15. The van der Waals surface area contributed by atoms with E-state index < -0.39 is 0 Å². The summed E-state index contributed by atoms with van der Waals surface area (Å²) in [4.78, 5) is 24.3. The first kappa shape index (κ1) is 24.2. The largest absolute Gasteiger partial charge is 0.423 e. The third-order valence-electron chi connectivity index (χ3n) is 4.39. The molecule has 0 saturated carbocycles. The lowest BCUT2D eigenvalue weighted by molar-refractivity contribution is -0.137. The number of unbranched alkanes of at least 4 members (excludes halogenated alkanes) is 4. The summed E-state index contributed by atoms with van der Waals surface area (Å²) >= 11 is 0. The number of ether oxygens (including phenoxy) is 2. The first-order chi connectivity index (χ1) is 13.5. The second-order valence-electron chi connectivity index (χ2n) is 7.50. The van der Waals surface area contributed by atoms with Gasteiger partial charge in [-0.25, -0.2) is 0 Å². The van der Waals surface area contributed by atoms with Gasteiger partial charge in [-0.15, -0.1) is 0 Å². The van der Waals surface area contributed by atoms with Gasteiger partial charge in [0.1, 0.15) is 0 Å². The molecule has 0 aliphatic carbocycles. The van der Waals surface area contributed by atoms with Crippen LogP contribution in [0.1, 0.15) is 84.6 Å². The topological polar surface area (TPSA) is 64.6 Å². The Morgan fingerprint density at radius 2 is 1.46 bits per heavy atom. The van der Waals surface area contributed by atoms with Crippen LogP contribution in [-0.2, 0) is 16.0 Å². The lowest BCUT2D eigenvalue weighted by atomic mass is 10.1. The van der Waals surface area contributed by atoms with Crippen molar-refractivity contribution in [1.29, 1.82) is 0 Å². The van der Waals surface area contributed by atoms with Crippen molar-refractivity contribution in [1.82, 2.24) is 5.32 Å². The number of carbonyl (C=O) groups excluding carboxylic acids is 2. The summed E-state index contributed by atoms with van der Waals surface area (Å²) in [5, 5.41) is 3.37. The number of esters is 2. The molecule has 5 nitrogen and oxygen atoms in total. The fourth-order valence-electron chi connectivity index (χ4n) is 2.76. The highest BCUT2D eigenvalue weighted by molar-refractivity contribution is 5.76. The van der Waals surface area contributed by atoms with Crippen LogP contribution in [0.25, 0.3) is 0 Å². The molecule has 1 aromatic rings. The van der Waals surface area contributed by atoms with Crippen molar-refractivity contribution in [3.8, 4) is 11.5 Å². The molecular formula is C23H37NO4. The molecule has 1 aromatic carbocycles. The molecule has 0 unspecified atom stereocenters. The van der Waals surface area contributed by atoms with Gasteiger partial charge in [-0.2, -0.15) is 0 Å². The molecule has 0 aromatic heterocycles. The van der Waals surface area contributed by atoms with E-state index in [0.29, 0.717) is 30.4 Å². The molecule has 1 rings (SSSR count). The number of hydrogen-bond donors (Lipinski definition) is 1. The number of benzene rings is 1. The Labute approximate surface area is 170 Å². The normalized spacial score (nSPS) is 10.9. The Morgan fingerprint density at radius 1 is 0.893 bits per heavy atom. The average molecular weight is 392 g/mol. The molecule has 0 heterocycles. The molecule has 0 aliphatic heterocycles. The molecule has 0 saturated heterocycles. The van der Waals surface area contributed by atoms with E-state index in [0.717, 1.165) is 57.1 Å². The van der Waals surface area contributed by atoms with Crippen LogP contribution in [0.3, 0.4) is 0 Å². The molecule has 0 atom stereocenters. The van der Waals surface area contributed by atoms with Crippen molar-refractivity contribution in [3.63, 3.8) is 0 Å². The van der Waals surface area contributed by atoms with Crippen LogP contribution < -0.4 is 14.8 Å². The van der Waals surface area contributed by atoms with Crippen molar-refractivity contribution in [2.75, 3.05) is 6.54 Å². The Bertz CT molecular complexity index is 598. The first-order valence-corrected chi connectivity index (χ1v) is 10.7. The maximum atomic E-state index is 12.2. The van der Waals surface area contributed by atoms with E-state index in [9.17, 15) is 9.59 Å². The fraction of sp³-hybridized carbons (Fsp3) is 0.652. The van der Waals surface area contributed by atoms with Crippen molar-refractivity contribution in [2.24, 2.45) is 0 Å². The molecule has 0 radical (unpaired) electrons. The molecule has 158 valence electrons. The van der Waals surface area contributed by atoms with Crippen LogP contribution in [0.4, 0.5) is 0 Å². The summed E-state index contributed by atoms with van der Waals surface area (Å²) in [5.41, 5.74) is 1.04. The maximum Gasteiger partial charge on any atom is 0.311 e. The summed E-state index contributed by atoms with van der Waals surface area (Å²) in [7, 11) is 0. The Kier molecular flexibility index (Phi) is 12.2. The van der Waals surface area contributed by atoms with Crippen LogP contribution >= 0.6 is 0 Å². The Hall–Kier alpha value is -1.88. The van der Waals surface area contributed by atoms with Crippen molar-refractivity contribution in [2.45, 2.75) is 91.5 Å². The molecule has 28 heavy (non-hydrogen) atoms. The Morgan fingerprint density at radius 3 is 2.00 bits per heavy atom. The molecular weight excluding hydrogens is 354 g/mol. The summed E-state index contributed by atoms with van der Waals surface area (Å²) < 4.78 is 11.0.